The summed E-state index contributed by atoms with van der Waals surface area (Å²) in [4.78, 5) is 15.6. The molecule has 0 fully saturated rings. The number of hydrogen-bond acceptors (Lipinski definition) is 4. The van der Waals surface area contributed by atoms with Crippen LogP contribution < -0.4 is 0 Å². The van der Waals surface area contributed by atoms with Gasteiger partial charge in [-0.25, -0.2) is 4.98 Å². The second kappa shape index (κ2) is 15.5. The molecule has 0 amide bonds. The minimum absolute atomic E-state index is 0.0266. The first-order chi connectivity index (χ1) is 31.9. The molecule has 0 aliphatic carbocycles. The lowest BCUT2D eigenvalue weighted by atomic mass is 9.85. The van der Waals surface area contributed by atoms with Crippen molar-refractivity contribution in [2.45, 2.75) is 52.4 Å². The van der Waals surface area contributed by atoms with Crippen LogP contribution in [-0.4, -0.2) is 24.1 Å². The summed E-state index contributed by atoms with van der Waals surface area (Å²) in [7, 11) is 0. The predicted molar refractivity (Wildman–Crippen MR) is 272 cm³/mol. The Balaban J connectivity index is 1.12. The molecule has 0 N–H and O–H groups in total. The van der Waals surface area contributed by atoms with E-state index >= 15 is 0 Å². The maximum Gasteiger partial charge on any atom is 0.238 e. The van der Waals surface area contributed by atoms with E-state index in [2.05, 4.69) is 178 Å². The highest BCUT2D eigenvalue weighted by Crippen LogP contribution is 2.40. The second-order valence-corrected chi connectivity index (χ2v) is 19.3. The molecule has 0 aliphatic heterocycles. The van der Waals surface area contributed by atoms with E-state index in [-0.39, 0.29) is 10.8 Å². The van der Waals surface area contributed by atoms with Gasteiger partial charge in [-0.3, -0.25) is 4.57 Å². The molecule has 11 aromatic rings. The number of fused-ring (bicyclic) bond motifs is 6. The van der Waals surface area contributed by atoms with Gasteiger partial charge >= 0.3 is 0 Å². The maximum atomic E-state index is 11.0. The molecule has 0 unspecified atom stereocenters. The third kappa shape index (κ3) is 7.01. The zero-order valence-corrected chi connectivity index (χ0v) is 38.0. The van der Waals surface area contributed by atoms with Gasteiger partial charge in [0, 0.05) is 32.7 Å². The molecule has 318 valence electrons. The number of benzene rings is 8. The van der Waals surface area contributed by atoms with Crippen LogP contribution >= 0.6 is 0 Å². The van der Waals surface area contributed by atoms with Gasteiger partial charge in [-0.15, -0.1) is 0 Å². The quantitative estimate of drug-likeness (QED) is 0.167. The van der Waals surface area contributed by atoms with Crippen LogP contribution in [0.3, 0.4) is 0 Å². The van der Waals surface area contributed by atoms with Gasteiger partial charge in [0.25, 0.3) is 0 Å². The fourth-order valence-corrected chi connectivity index (χ4v) is 9.34. The topological polar surface area (TPSA) is 72.3 Å². The lowest BCUT2D eigenvalue weighted by Crippen LogP contribution is -2.10. The van der Waals surface area contributed by atoms with Crippen molar-refractivity contribution < 1.29 is 0 Å². The van der Waals surface area contributed by atoms with E-state index in [4.69, 9.17) is 15.0 Å². The highest BCUT2D eigenvalue weighted by Gasteiger charge is 2.24. The van der Waals surface area contributed by atoms with Gasteiger partial charge in [-0.1, -0.05) is 157 Å². The normalized spacial score (nSPS) is 12.1. The molecule has 6 nitrogen and oxygen atoms in total. The molecular weight excluding hydrogens is 805 g/mol. The highest BCUT2D eigenvalue weighted by atomic mass is 15.2. The Labute approximate surface area is 385 Å². The molecule has 0 atom stereocenters. The standard InChI is InChI=1S/C60H48N6/c1-59(2,3)45-25-30-52-49(35-45)50-36-46(60(4,5)6)26-31-53(50)65(52)51-27-24-43(32-44(51)37-61)57-62-56(40-20-14-9-15-21-40)63-58(64-57)66-54-28-22-41(38-16-10-7-11-17-38)33-47(54)48-34-42(23-29-55(48)66)39-18-12-8-13-19-39/h7-36H,1-6H3. The number of aromatic nitrogens is 5. The molecule has 3 heterocycles. The Morgan fingerprint density at radius 1 is 0.379 bits per heavy atom. The molecular formula is C60H48N6. The third-order valence-corrected chi connectivity index (χ3v) is 12.9. The summed E-state index contributed by atoms with van der Waals surface area (Å²) < 4.78 is 4.40. The number of nitrogens with zero attached hydrogens (tertiary/aromatic N) is 6. The lowest BCUT2D eigenvalue weighted by molar-refractivity contribution is 0.590. The van der Waals surface area contributed by atoms with Gasteiger partial charge in [0.1, 0.15) is 6.07 Å². The van der Waals surface area contributed by atoms with E-state index in [9.17, 15) is 5.26 Å². The van der Waals surface area contributed by atoms with Crippen LogP contribution in [0.15, 0.2) is 182 Å². The fourth-order valence-electron chi connectivity index (χ4n) is 9.34. The van der Waals surface area contributed by atoms with Crippen LogP contribution in [0.2, 0.25) is 0 Å². The van der Waals surface area contributed by atoms with Crippen LogP contribution in [0, 0.1) is 11.3 Å². The first-order valence-electron chi connectivity index (χ1n) is 22.6. The largest absolute Gasteiger partial charge is 0.308 e. The summed E-state index contributed by atoms with van der Waals surface area (Å²) in [5, 5.41) is 15.5. The SMILES string of the molecule is CC(C)(C)c1ccc2c(c1)c1cc(C(C)(C)C)ccc1n2-c1ccc(-c2nc(-c3ccccc3)nc(-n3c4ccc(-c5ccccc5)cc4c4cc(-c5ccccc5)ccc43)n2)cc1C#N. The second-order valence-electron chi connectivity index (χ2n) is 19.3. The van der Waals surface area contributed by atoms with Crippen LogP contribution in [0.25, 0.3) is 100 Å². The molecule has 0 bridgehead atoms. The van der Waals surface area contributed by atoms with Crippen molar-refractivity contribution in [1.29, 1.82) is 5.26 Å². The Hall–Kier alpha value is -8.14. The fraction of sp³-hybridized carbons (Fsp3) is 0.133. The Morgan fingerprint density at radius 3 is 1.26 bits per heavy atom. The summed E-state index contributed by atoms with van der Waals surface area (Å²) in [5.41, 5.74) is 14.0. The van der Waals surface area contributed by atoms with E-state index in [1.54, 1.807) is 0 Å². The van der Waals surface area contributed by atoms with Crippen LogP contribution in [0.4, 0.5) is 0 Å². The molecule has 0 saturated carbocycles. The number of hydrogen-bond donors (Lipinski definition) is 0. The maximum absolute atomic E-state index is 11.0. The van der Waals surface area contributed by atoms with Crippen molar-refractivity contribution in [2.75, 3.05) is 0 Å². The van der Waals surface area contributed by atoms with E-state index < -0.39 is 0 Å². The number of nitriles is 1. The first kappa shape index (κ1) is 40.6. The summed E-state index contributed by atoms with van der Waals surface area (Å²) in [6, 6.07) is 66.4. The van der Waals surface area contributed by atoms with Crippen molar-refractivity contribution in [3.05, 3.63) is 199 Å². The van der Waals surface area contributed by atoms with E-state index in [1.165, 1.54) is 21.9 Å². The zero-order chi connectivity index (χ0) is 45.3. The molecule has 66 heavy (non-hydrogen) atoms. The highest BCUT2D eigenvalue weighted by molar-refractivity contribution is 6.12. The first-order valence-corrected chi connectivity index (χ1v) is 22.6. The van der Waals surface area contributed by atoms with Gasteiger partial charge in [-0.2, -0.15) is 15.2 Å². The third-order valence-electron chi connectivity index (χ3n) is 12.9. The smallest absolute Gasteiger partial charge is 0.238 e. The molecule has 0 aliphatic rings. The monoisotopic (exact) mass is 852 g/mol. The molecule has 0 saturated heterocycles. The van der Waals surface area contributed by atoms with Crippen LogP contribution in [-0.2, 0) is 10.8 Å². The van der Waals surface area contributed by atoms with E-state index in [0.717, 1.165) is 71.9 Å². The van der Waals surface area contributed by atoms with Gasteiger partial charge in [0.15, 0.2) is 11.6 Å². The Morgan fingerprint density at radius 2 is 0.788 bits per heavy atom. The Kier molecular flexibility index (Phi) is 9.56. The van der Waals surface area contributed by atoms with Gasteiger partial charge in [0.2, 0.25) is 5.95 Å². The van der Waals surface area contributed by atoms with Gasteiger partial charge in [0.05, 0.1) is 33.3 Å². The summed E-state index contributed by atoms with van der Waals surface area (Å²) in [6.45, 7) is 13.5. The lowest BCUT2D eigenvalue weighted by Gasteiger charge is -2.19. The molecule has 3 aromatic heterocycles. The van der Waals surface area contributed by atoms with Gasteiger partial charge < -0.3 is 4.57 Å². The van der Waals surface area contributed by atoms with Crippen molar-refractivity contribution in [2.24, 2.45) is 0 Å². The van der Waals surface area contributed by atoms with Crippen molar-refractivity contribution in [3.63, 3.8) is 0 Å². The molecule has 0 spiro atoms. The summed E-state index contributed by atoms with van der Waals surface area (Å²) >= 11 is 0. The summed E-state index contributed by atoms with van der Waals surface area (Å²) in [5.74, 6) is 1.51. The molecule has 11 rings (SSSR count). The average Bonchev–Trinajstić information content (AvgIpc) is 3.85. The predicted octanol–water partition coefficient (Wildman–Crippen LogP) is 15.2. The van der Waals surface area contributed by atoms with Crippen molar-refractivity contribution in [1.82, 2.24) is 24.1 Å². The Bertz CT molecular complexity index is 3540. The zero-order valence-electron chi connectivity index (χ0n) is 38.0. The van der Waals surface area contributed by atoms with Crippen molar-refractivity contribution in [3.8, 4) is 62.7 Å². The van der Waals surface area contributed by atoms with Gasteiger partial charge in [-0.05, 0) is 111 Å². The minimum Gasteiger partial charge on any atom is -0.308 e. The van der Waals surface area contributed by atoms with E-state index in [1.807, 2.05) is 60.7 Å². The molecule has 6 heteroatoms. The summed E-state index contributed by atoms with van der Waals surface area (Å²) in [6.07, 6.45) is 0. The van der Waals surface area contributed by atoms with Crippen LogP contribution in [0.5, 0.6) is 0 Å². The average molecular weight is 853 g/mol. The van der Waals surface area contributed by atoms with Crippen LogP contribution in [0.1, 0.15) is 58.2 Å². The number of rotatable bonds is 6. The van der Waals surface area contributed by atoms with Crippen molar-refractivity contribution >= 4 is 43.6 Å². The van der Waals surface area contributed by atoms with E-state index in [0.29, 0.717) is 23.2 Å². The molecule has 8 aromatic carbocycles. The molecule has 0 radical (unpaired) electrons. The minimum atomic E-state index is -0.0266.